The molecule has 21 heavy (non-hydrogen) atoms. The van der Waals surface area contributed by atoms with Crippen molar-refractivity contribution in [1.82, 2.24) is 15.2 Å². The van der Waals surface area contributed by atoms with E-state index in [0.29, 0.717) is 22.5 Å². The van der Waals surface area contributed by atoms with Gasteiger partial charge in [-0.05, 0) is 31.0 Å². The van der Waals surface area contributed by atoms with E-state index in [2.05, 4.69) is 20.5 Å². The Labute approximate surface area is 123 Å². The van der Waals surface area contributed by atoms with Gasteiger partial charge in [-0.3, -0.25) is 10.1 Å². The lowest BCUT2D eigenvalue weighted by Crippen LogP contribution is -2.11. The average molecular weight is 301 g/mol. The third-order valence-electron chi connectivity index (χ3n) is 3.25. The van der Waals surface area contributed by atoms with Gasteiger partial charge in [0, 0.05) is 11.5 Å². The molecule has 2 aromatic heterocycles. The fraction of sp³-hybridized carbons (Fsp3) is 0.231. The molecule has 1 aliphatic rings. The van der Waals surface area contributed by atoms with E-state index in [-0.39, 0.29) is 11.9 Å². The highest BCUT2D eigenvalue weighted by atomic mass is 32.1. The third kappa shape index (κ3) is 2.33. The highest BCUT2D eigenvalue weighted by Crippen LogP contribution is 2.39. The summed E-state index contributed by atoms with van der Waals surface area (Å²) in [5, 5.41) is 10.8. The van der Waals surface area contributed by atoms with Crippen molar-refractivity contribution in [2.24, 2.45) is 0 Å². The second-order valence-electron chi connectivity index (χ2n) is 4.91. The van der Waals surface area contributed by atoms with E-state index in [9.17, 15) is 4.79 Å². The summed E-state index contributed by atoms with van der Waals surface area (Å²) in [4.78, 5) is 16.3. The van der Waals surface area contributed by atoms with E-state index in [1.807, 2.05) is 0 Å². The predicted octanol–water partition coefficient (Wildman–Crippen LogP) is 2.39. The Morgan fingerprint density at radius 2 is 2.24 bits per heavy atom. The lowest BCUT2D eigenvalue weighted by atomic mass is 10.2. The van der Waals surface area contributed by atoms with Crippen LogP contribution in [0.2, 0.25) is 0 Å². The molecule has 1 amide bonds. The van der Waals surface area contributed by atoms with E-state index < -0.39 is 0 Å². The molecule has 1 fully saturated rings. The van der Waals surface area contributed by atoms with Crippen molar-refractivity contribution in [3.05, 3.63) is 29.7 Å². The molecule has 1 saturated carbocycles. The van der Waals surface area contributed by atoms with Crippen LogP contribution in [0.3, 0.4) is 0 Å². The number of hydrogen-bond donors (Lipinski definition) is 2. The zero-order valence-electron chi connectivity index (χ0n) is 10.9. The van der Waals surface area contributed by atoms with Crippen LogP contribution in [-0.2, 0) is 0 Å². The Hall–Kier alpha value is -2.48. The molecule has 0 bridgehead atoms. The molecule has 0 saturated heterocycles. The number of amides is 1. The highest BCUT2D eigenvalue weighted by molar-refractivity contribution is 7.22. The molecule has 0 aliphatic heterocycles. The van der Waals surface area contributed by atoms with Crippen LogP contribution in [0, 0.1) is 0 Å². The van der Waals surface area contributed by atoms with Crippen LogP contribution in [0.5, 0.6) is 0 Å². The summed E-state index contributed by atoms with van der Waals surface area (Å²) in [5.74, 6) is 0.658. The van der Waals surface area contributed by atoms with E-state index in [0.717, 1.165) is 23.1 Å². The van der Waals surface area contributed by atoms with Gasteiger partial charge in [0.05, 0.1) is 10.2 Å². The third-order valence-corrected chi connectivity index (χ3v) is 4.10. The molecule has 0 unspecified atom stereocenters. The normalized spacial score (nSPS) is 14.5. The van der Waals surface area contributed by atoms with Gasteiger partial charge < -0.3 is 10.2 Å². The molecule has 8 heteroatoms. The van der Waals surface area contributed by atoms with Crippen molar-refractivity contribution in [3.8, 4) is 0 Å². The summed E-state index contributed by atoms with van der Waals surface area (Å²) in [6, 6.07) is 5.33. The van der Waals surface area contributed by atoms with E-state index in [4.69, 9.17) is 10.2 Å². The Bertz CT molecular complexity index is 836. The van der Waals surface area contributed by atoms with Crippen LogP contribution < -0.4 is 11.1 Å². The number of carbonyl (C=O) groups is 1. The summed E-state index contributed by atoms with van der Waals surface area (Å²) >= 11 is 1.34. The zero-order chi connectivity index (χ0) is 14.4. The van der Waals surface area contributed by atoms with E-state index in [1.54, 1.807) is 18.2 Å². The number of aromatic nitrogens is 3. The van der Waals surface area contributed by atoms with Gasteiger partial charge in [-0.1, -0.05) is 16.4 Å². The molecule has 1 aromatic carbocycles. The highest BCUT2D eigenvalue weighted by Gasteiger charge is 2.29. The van der Waals surface area contributed by atoms with Gasteiger partial charge in [0.15, 0.2) is 5.13 Å². The smallest absolute Gasteiger partial charge is 0.322 e. The first kappa shape index (κ1) is 12.3. The summed E-state index contributed by atoms with van der Waals surface area (Å²) in [5.41, 5.74) is 6.93. The molecule has 0 radical (unpaired) electrons. The SMILES string of the molecule is Nc1nc2ccc(C(=O)Nc3nnc(C4CC4)o3)cc2s1. The summed E-state index contributed by atoms with van der Waals surface area (Å²) in [7, 11) is 0. The summed E-state index contributed by atoms with van der Waals surface area (Å²) in [6.07, 6.45) is 2.14. The van der Waals surface area contributed by atoms with Crippen LogP contribution >= 0.6 is 11.3 Å². The molecule has 3 N–H and O–H groups in total. The number of anilines is 2. The topological polar surface area (TPSA) is 107 Å². The van der Waals surface area contributed by atoms with Crippen molar-refractivity contribution in [2.45, 2.75) is 18.8 Å². The van der Waals surface area contributed by atoms with Gasteiger partial charge in [-0.25, -0.2) is 4.98 Å². The Balaban J connectivity index is 1.56. The Morgan fingerprint density at radius 3 is 3.05 bits per heavy atom. The number of carbonyl (C=O) groups excluding carboxylic acids is 1. The maximum absolute atomic E-state index is 12.2. The largest absolute Gasteiger partial charge is 0.408 e. The Kier molecular flexibility index (Phi) is 2.64. The number of nitrogens with two attached hydrogens (primary N) is 1. The van der Waals surface area contributed by atoms with Gasteiger partial charge in [0.2, 0.25) is 5.89 Å². The van der Waals surface area contributed by atoms with Gasteiger partial charge in [0.25, 0.3) is 5.91 Å². The fourth-order valence-electron chi connectivity index (χ4n) is 2.03. The van der Waals surface area contributed by atoms with Crippen molar-refractivity contribution < 1.29 is 9.21 Å². The Morgan fingerprint density at radius 1 is 1.38 bits per heavy atom. The number of nitrogens with one attached hydrogen (secondary N) is 1. The molecule has 2 heterocycles. The predicted molar refractivity (Wildman–Crippen MR) is 78.3 cm³/mol. The first-order chi connectivity index (χ1) is 10.2. The van der Waals surface area contributed by atoms with Crippen LogP contribution in [0.15, 0.2) is 22.6 Å². The monoisotopic (exact) mass is 301 g/mol. The number of rotatable bonds is 3. The molecule has 106 valence electrons. The average Bonchev–Trinajstić information content (AvgIpc) is 3.09. The minimum absolute atomic E-state index is 0.130. The van der Waals surface area contributed by atoms with Crippen LogP contribution in [0.25, 0.3) is 10.2 Å². The summed E-state index contributed by atoms with van der Waals surface area (Å²) < 4.78 is 6.27. The molecule has 4 rings (SSSR count). The van der Waals surface area contributed by atoms with Gasteiger partial charge >= 0.3 is 6.01 Å². The number of nitrogen functional groups attached to an aromatic ring is 1. The van der Waals surface area contributed by atoms with Crippen LogP contribution in [0.4, 0.5) is 11.1 Å². The van der Waals surface area contributed by atoms with E-state index in [1.165, 1.54) is 11.3 Å². The molecular formula is C13H11N5O2S. The number of thiazole rings is 1. The number of nitrogens with zero attached hydrogens (tertiary/aromatic N) is 3. The second-order valence-corrected chi connectivity index (χ2v) is 5.97. The standard InChI is InChI=1S/C13H11N5O2S/c14-12-15-8-4-3-7(5-9(8)21-12)10(19)16-13-18-17-11(20-13)6-1-2-6/h3-6H,1-2H2,(H2,14,15)(H,16,18,19). The summed E-state index contributed by atoms with van der Waals surface area (Å²) in [6.45, 7) is 0. The molecule has 0 spiro atoms. The molecule has 0 atom stereocenters. The van der Waals surface area contributed by atoms with Crippen molar-refractivity contribution >= 4 is 38.6 Å². The van der Waals surface area contributed by atoms with Gasteiger partial charge in [-0.2, -0.15) is 0 Å². The van der Waals surface area contributed by atoms with Crippen LogP contribution in [0.1, 0.15) is 35.0 Å². The van der Waals surface area contributed by atoms with E-state index >= 15 is 0 Å². The van der Waals surface area contributed by atoms with Crippen molar-refractivity contribution in [2.75, 3.05) is 11.1 Å². The second kappa shape index (κ2) is 4.52. The minimum Gasteiger partial charge on any atom is -0.408 e. The quantitative estimate of drug-likeness (QED) is 0.769. The van der Waals surface area contributed by atoms with Crippen molar-refractivity contribution in [1.29, 1.82) is 0 Å². The van der Waals surface area contributed by atoms with Gasteiger partial charge in [0.1, 0.15) is 0 Å². The first-order valence-electron chi connectivity index (χ1n) is 6.50. The maximum Gasteiger partial charge on any atom is 0.322 e. The lowest BCUT2D eigenvalue weighted by Gasteiger charge is -2.00. The lowest BCUT2D eigenvalue weighted by molar-refractivity contribution is 0.102. The minimum atomic E-state index is -0.296. The number of benzene rings is 1. The van der Waals surface area contributed by atoms with Crippen molar-refractivity contribution in [3.63, 3.8) is 0 Å². The first-order valence-corrected chi connectivity index (χ1v) is 7.31. The molecular weight excluding hydrogens is 290 g/mol. The van der Waals surface area contributed by atoms with Gasteiger partial charge in [-0.15, -0.1) is 5.10 Å². The van der Waals surface area contributed by atoms with Crippen LogP contribution in [-0.4, -0.2) is 21.1 Å². The molecule has 7 nitrogen and oxygen atoms in total. The number of hydrogen-bond acceptors (Lipinski definition) is 7. The fourth-order valence-corrected chi connectivity index (χ4v) is 2.81. The molecule has 1 aliphatic carbocycles. The molecule has 3 aromatic rings. The zero-order valence-corrected chi connectivity index (χ0v) is 11.7. The maximum atomic E-state index is 12.2. The number of fused-ring (bicyclic) bond motifs is 1.